The lowest BCUT2D eigenvalue weighted by Gasteiger charge is -2.03. The molecule has 0 fully saturated rings. The van der Waals surface area contributed by atoms with Gasteiger partial charge in [-0.2, -0.15) is 0 Å². The maximum absolute atomic E-state index is 4.09. The van der Waals surface area contributed by atoms with Gasteiger partial charge in [0.1, 0.15) is 0 Å². The van der Waals surface area contributed by atoms with Gasteiger partial charge in [0.2, 0.25) is 0 Å². The average molecular weight is 166 g/mol. The average Bonchev–Trinajstić information content (AvgIpc) is 2.11. The summed E-state index contributed by atoms with van der Waals surface area (Å²) in [5.41, 5.74) is 2.10. The van der Waals surface area contributed by atoms with Crippen LogP contribution in [0.3, 0.4) is 0 Å². The molecule has 0 aromatic rings. The molecule has 0 radical (unpaired) electrons. The summed E-state index contributed by atoms with van der Waals surface area (Å²) in [6.45, 7) is 4.10. The van der Waals surface area contributed by atoms with E-state index in [1.54, 1.807) is 7.05 Å². The Bertz CT molecular complexity index is 200. The number of nitrogens with one attached hydrogen (secondary N) is 1. The van der Waals surface area contributed by atoms with Crippen LogP contribution in [0.5, 0.6) is 0 Å². The SMILES string of the molecule is CC/C=C\C=C(/NC)C(C)=NC. The third-order valence-electron chi connectivity index (χ3n) is 1.63. The van der Waals surface area contributed by atoms with Crippen LogP contribution < -0.4 is 5.32 Å². The molecule has 68 valence electrons. The Morgan fingerprint density at radius 2 is 2.17 bits per heavy atom. The lowest BCUT2D eigenvalue weighted by Crippen LogP contribution is -2.13. The molecular weight excluding hydrogens is 148 g/mol. The first-order valence-electron chi connectivity index (χ1n) is 4.24. The van der Waals surface area contributed by atoms with Gasteiger partial charge in [-0.1, -0.05) is 19.1 Å². The Labute approximate surface area is 75.1 Å². The first kappa shape index (κ1) is 11.0. The molecule has 0 rings (SSSR count). The second-order valence-electron chi connectivity index (χ2n) is 2.48. The Kier molecular flexibility index (Phi) is 6.07. The summed E-state index contributed by atoms with van der Waals surface area (Å²) in [5, 5.41) is 3.09. The lowest BCUT2D eigenvalue weighted by molar-refractivity contribution is 1.04. The second-order valence-corrected chi connectivity index (χ2v) is 2.48. The van der Waals surface area contributed by atoms with Crippen molar-refractivity contribution in [1.29, 1.82) is 0 Å². The van der Waals surface area contributed by atoms with E-state index in [0.29, 0.717) is 0 Å². The predicted octanol–water partition coefficient (Wildman–Crippen LogP) is 2.15. The fourth-order valence-electron chi connectivity index (χ4n) is 0.806. The first-order valence-corrected chi connectivity index (χ1v) is 4.24. The quantitative estimate of drug-likeness (QED) is 0.502. The molecule has 2 heteroatoms. The van der Waals surface area contributed by atoms with Crippen LogP contribution in [0, 0.1) is 0 Å². The Morgan fingerprint density at radius 3 is 2.58 bits per heavy atom. The summed E-state index contributed by atoms with van der Waals surface area (Å²) >= 11 is 0. The maximum atomic E-state index is 4.09. The molecule has 0 heterocycles. The van der Waals surface area contributed by atoms with E-state index < -0.39 is 0 Å². The molecule has 0 aliphatic carbocycles. The Morgan fingerprint density at radius 1 is 1.50 bits per heavy atom. The van der Waals surface area contributed by atoms with Crippen molar-refractivity contribution in [3.63, 3.8) is 0 Å². The van der Waals surface area contributed by atoms with Gasteiger partial charge in [-0.15, -0.1) is 0 Å². The minimum Gasteiger partial charge on any atom is -0.387 e. The summed E-state index contributed by atoms with van der Waals surface area (Å²) in [7, 11) is 3.70. The molecular formula is C10H18N2. The largest absolute Gasteiger partial charge is 0.387 e. The fraction of sp³-hybridized carbons (Fsp3) is 0.500. The van der Waals surface area contributed by atoms with E-state index in [-0.39, 0.29) is 0 Å². The Hall–Kier alpha value is -1.05. The van der Waals surface area contributed by atoms with Crippen LogP contribution in [0.25, 0.3) is 0 Å². The number of rotatable bonds is 4. The standard InChI is InChI=1S/C10H18N2/c1-5-6-7-8-10(12-4)9(2)11-3/h6-8,12H,5H2,1-4H3/b7-6-,10-8-,11-9?. The third kappa shape index (κ3) is 3.96. The van der Waals surface area contributed by atoms with E-state index in [1.807, 2.05) is 26.1 Å². The van der Waals surface area contributed by atoms with Crippen LogP contribution >= 0.6 is 0 Å². The molecule has 0 aromatic carbocycles. The molecule has 0 aliphatic rings. The van der Waals surface area contributed by atoms with Crippen molar-refractivity contribution in [2.45, 2.75) is 20.3 Å². The van der Waals surface area contributed by atoms with E-state index in [9.17, 15) is 0 Å². The van der Waals surface area contributed by atoms with Gasteiger partial charge in [-0.05, 0) is 19.4 Å². The van der Waals surface area contributed by atoms with Crippen LogP contribution in [0.2, 0.25) is 0 Å². The van der Waals surface area contributed by atoms with Crippen LogP contribution in [0.15, 0.2) is 28.9 Å². The van der Waals surface area contributed by atoms with Crippen molar-refractivity contribution < 1.29 is 0 Å². The van der Waals surface area contributed by atoms with E-state index >= 15 is 0 Å². The summed E-state index contributed by atoms with van der Waals surface area (Å²) in [6.07, 6.45) is 7.25. The van der Waals surface area contributed by atoms with Gasteiger partial charge in [-0.3, -0.25) is 4.99 Å². The van der Waals surface area contributed by atoms with Gasteiger partial charge < -0.3 is 5.32 Å². The van der Waals surface area contributed by atoms with Crippen molar-refractivity contribution in [3.05, 3.63) is 23.9 Å². The molecule has 0 bridgehead atoms. The first-order chi connectivity index (χ1) is 5.76. The van der Waals surface area contributed by atoms with Gasteiger partial charge in [0.15, 0.2) is 0 Å². The van der Waals surface area contributed by atoms with Crippen molar-refractivity contribution in [2.24, 2.45) is 4.99 Å². The van der Waals surface area contributed by atoms with Gasteiger partial charge >= 0.3 is 0 Å². The molecule has 12 heavy (non-hydrogen) atoms. The van der Waals surface area contributed by atoms with E-state index in [2.05, 4.69) is 23.3 Å². The molecule has 2 nitrogen and oxygen atoms in total. The molecule has 0 aromatic heterocycles. The van der Waals surface area contributed by atoms with E-state index in [1.165, 1.54) is 0 Å². The summed E-state index contributed by atoms with van der Waals surface area (Å²) in [4.78, 5) is 4.09. The van der Waals surface area contributed by atoms with E-state index in [0.717, 1.165) is 17.8 Å². The number of allylic oxidation sites excluding steroid dienone is 4. The molecule has 0 aliphatic heterocycles. The number of hydrogen-bond acceptors (Lipinski definition) is 2. The topological polar surface area (TPSA) is 24.4 Å². The van der Waals surface area contributed by atoms with E-state index in [4.69, 9.17) is 0 Å². The van der Waals surface area contributed by atoms with Gasteiger partial charge in [0.05, 0.1) is 11.4 Å². The van der Waals surface area contributed by atoms with Crippen molar-refractivity contribution in [2.75, 3.05) is 14.1 Å². The van der Waals surface area contributed by atoms with Gasteiger partial charge in [-0.25, -0.2) is 0 Å². The van der Waals surface area contributed by atoms with Gasteiger partial charge in [0, 0.05) is 14.1 Å². The second kappa shape index (κ2) is 6.65. The lowest BCUT2D eigenvalue weighted by atomic mass is 10.2. The van der Waals surface area contributed by atoms with Crippen LogP contribution in [-0.2, 0) is 0 Å². The number of hydrogen-bond donors (Lipinski definition) is 1. The normalized spacial score (nSPS) is 14.0. The van der Waals surface area contributed by atoms with Crippen LogP contribution in [-0.4, -0.2) is 19.8 Å². The molecule has 0 amide bonds. The molecule has 0 saturated carbocycles. The molecule has 0 unspecified atom stereocenters. The predicted molar refractivity (Wildman–Crippen MR) is 55.6 cm³/mol. The number of nitrogens with zero attached hydrogens (tertiary/aromatic N) is 1. The molecule has 0 spiro atoms. The summed E-state index contributed by atoms with van der Waals surface area (Å²) in [6, 6.07) is 0. The van der Waals surface area contributed by atoms with Gasteiger partial charge in [0.25, 0.3) is 0 Å². The minimum atomic E-state index is 1.03. The zero-order chi connectivity index (χ0) is 9.40. The highest BCUT2D eigenvalue weighted by Crippen LogP contribution is 1.93. The molecule has 1 N–H and O–H groups in total. The summed E-state index contributed by atoms with van der Waals surface area (Å²) < 4.78 is 0. The highest BCUT2D eigenvalue weighted by molar-refractivity contribution is 5.97. The smallest absolute Gasteiger partial charge is 0.0548 e. The fourth-order valence-corrected chi connectivity index (χ4v) is 0.806. The van der Waals surface area contributed by atoms with Crippen LogP contribution in [0.1, 0.15) is 20.3 Å². The van der Waals surface area contributed by atoms with Crippen molar-refractivity contribution >= 4 is 5.71 Å². The zero-order valence-electron chi connectivity index (χ0n) is 8.39. The molecule has 0 atom stereocenters. The highest BCUT2D eigenvalue weighted by atomic mass is 14.9. The third-order valence-corrected chi connectivity index (χ3v) is 1.63. The minimum absolute atomic E-state index is 1.03. The Balaban J connectivity index is 4.33. The van der Waals surface area contributed by atoms with Crippen LogP contribution in [0.4, 0.5) is 0 Å². The maximum Gasteiger partial charge on any atom is 0.0548 e. The number of aliphatic imine (C=N–C) groups is 1. The monoisotopic (exact) mass is 166 g/mol. The molecule has 0 saturated heterocycles. The summed E-state index contributed by atoms with van der Waals surface area (Å²) in [5.74, 6) is 0. The highest BCUT2D eigenvalue weighted by Gasteiger charge is 1.93. The van der Waals surface area contributed by atoms with Crippen molar-refractivity contribution in [3.8, 4) is 0 Å². The van der Waals surface area contributed by atoms with Crippen molar-refractivity contribution in [1.82, 2.24) is 5.32 Å². The zero-order valence-corrected chi connectivity index (χ0v) is 8.39.